The van der Waals surface area contributed by atoms with E-state index in [2.05, 4.69) is 21.9 Å². The Balaban J connectivity index is 1.39. The zero-order chi connectivity index (χ0) is 17.9. The highest BCUT2D eigenvalue weighted by Gasteiger charge is 2.33. The molecule has 2 saturated heterocycles. The smallest absolute Gasteiger partial charge is 0.253 e. The molecule has 1 N–H and O–H groups in total. The quantitative estimate of drug-likeness (QED) is 0.848. The van der Waals surface area contributed by atoms with Gasteiger partial charge in [-0.2, -0.15) is 0 Å². The van der Waals surface area contributed by atoms with E-state index in [4.69, 9.17) is 0 Å². The number of rotatable bonds is 6. The molecule has 3 aliphatic rings. The Morgan fingerprint density at radius 1 is 1.04 bits per heavy atom. The van der Waals surface area contributed by atoms with E-state index in [9.17, 15) is 9.90 Å². The molecule has 1 aliphatic carbocycles. The second-order valence-corrected chi connectivity index (χ2v) is 8.10. The van der Waals surface area contributed by atoms with E-state index in [-0.39, 0.29) is 12.5 Å². The number of aliphatic hydroxyl groups is 1. The molecule has 0 aromatic heterocycles. The lowest BCUT2D eigenvalue weighted by atomic mass is 10.1. The molecule has 1 aromatic carbocycles. The third kappa shape index (κ3) is 4.04. The number of carbonyl (C=O) groups is 1. The van der Waals surface area contributed by atoms with Gasteiger partial charge in [0, 0.05) is 63.2 Å². The maximum Gasteiger partial charge on any atom is 0.253 e. The second-order valence-electron chi connectivity index (χ2n) is 8.10. The summed E-state index contributed by atoms with van der Waals surface area (Å²) in [6.45, 7) is 6.04. The van der Waals surface area contributed by atoms with Crippen molar-refractivity contribution in [3.8, 4) is 0 Å². The summed E-state index contributed by atoms with van der Waals surface area (Å²) in [7, 11) is 0. The van der Waals surface area contributed by atoms with Crippen molar-refractivity contribution in [2.24, 2.45) is 5.92 Å². The predicted molar refractivity (Wildman–Crippen MR) is 104 cm³/mol. The normalized spacial score (nSPS) is 24.3. The van der Waals surface area contributed by atoms with Crippen molar-refractivity contribution in [1.82, 2.24) is 9.80 Å². The monoisotopic (exact) mass is 357 g/mol. The van der Waals surface area contributed by atoms with Gasteiger partial charge in [0.2, 0.25) is 0 Å². The molecule has 142 valence electrons. The van der Waals surface area contributed by atoms with Crippen molar-refractivity contribution in [2.75, 3.05) is 50.8 Å². The molecule has 5 heteroatoms. The van der Waals surface area contributed by atoms with Crippen LogP contribution in [-0.4, -0.2) is 72.7 Å². The molecule has 1 saturated carbocycles. The topological polar surface area (TPSA) is 47.0 Å². The maximum absolute atomic E-state index is 13.0. The van der Waals surface area contributed by atoms with E-state index in [1.54, 1.807) is 0 Å². The lowest BCUT2D eigenvalue weighted by molar-refractivity contribution is 0.0407. The highest BCUT2D eigenvalue weighted by Crippen LogP contribution is 2.31. The van der Waals surface area contributed by atoms with Gasteiger partial charge in [0.25, 0.3) is 5.91 Å². The number of benzene rings is 1. The summed E-state index contributed by atoms with van der Waals surface area (Å²) in [4.78, 5) is 19.8. The van der Waals surface area contributed by atoms with E-state index >= 15 is 0 Å². The van der Waals surface area contributed by atoms with E-state index in [0.717, 1.165) is 57.2 Å². The summed E-state index contributed by atoms with van der Waals surface area (Å²) < 4.78 is 0. The van der Waals surface area contributed by atoms with E-state index < -0.39 is 0 Å². The number of carbonyl (C=O) groups excluding carboxylic acids is 1. The fourth-order valence-corrected chi connectivity index (χ4v) is 4.35. The molecule has 3 fully saturated rings. The van der Waals surface area contributed by atoms with Crippen molar-refractivity contribution < 1.29 is 9.90 Å². The zero-order valence-electron chi connectivity index (χ0n) is 15.6. The van der Waals surface area contributed by atoms with Crippen molar-refractivity contribution in [1.29, 1.82) is 0 Å². The van der Waals surface area contributed by atoms with Crippen LogP contribution in [-0.2, 0) is 0 Å². The Labute approximate surface area is 156 Å². The number of hydrogen-bond donors (Lipinski definition) is 1. The van der Waals surface area contributed by atoms with Crippen molar-refractivity contribution in [3.05, 3.63) is 29.8 Å². The molecule has 0 radical (unpaired) electrons. The van der Waals surface area contributed by atoms with E-state index in [1.165, 1.54) is 31.4 Å². The fraction of sp³-hybridized carbons (Fsp3) is 0.667. The third-order valence-electron chi connectivity index (χ3n) is 6.13. The summed E-state index contributed by atoms with van der Waals surface area (Å²) in [5, 5.41) is 9.43. The molecule has 0 spiro atoms. The van der Waals surface area contributed by atoms with Crippen molar-refractivity contribution in [3.63, 3.8) is 0 Å². The predicted octanol–water partition coefficient (Wildman–Crippen LogP) is 2.21. The number of amides is 1. The SMILES string of the molecule is O=C(c1ccc(N2CCCC2)cc1)N1CCN(CC2CC2)C(CCO)C1. The summed E-state index contributed by atoms with van der Waals surface area (Å²) in [6.07, 6.45) is 5.96. The van der Waals surface area contributed by atoms with Gasteiger partial charge in [-0.15, -0.1) is 0 Å². The lowest BCUT2D eigenvalue weighted by Gasteiger charge is -2.41. The van der Waals surface area contributed by atoms with Crippen LogP contribution in [0.25, 0.3) is 0 Å². The molecule has 1 atom stereocenters. The van der Waals surface area contributed by atoms with Crippen molar-refractivity contribution in [2.45, 2.75) is 38.1 Å². The minimum absolute atomic E-state index is 0.131. The van der Waals surface area contributed by atoms with Crippen LogP contribution >= 0.6 is 0 Å². The molecular weight excluding hydrogens is 326 g/mol. The maximum atomic E-state index is 13.0. The fourth-order valence-electron chi connectivity index (χ4n) is 4.35. The van der Waals surface area contributed by atoms with Crippen LogP contribution in [0.3, 0.4) is 0 Å². The van der Waals surface area contributed by atoms with Gasteiger partial charge in [0.1, 0.15) is 0 Å². The Hall–Kier alpha value is -1.59. The Morgan fingerprint density at radius 2 is 1.77 bits per heavy atom. The molecule has 1 amide bonds. The number of hydrogen-bond acceptors (Lipinski definition) is 4. The van der Waals surface area contributed by atoms with Crippen LogP contribution in [0.4, 0.5) is 5.69 Å². The number of piperazine rings is 1. The van der Waals surface area contributed by atoms with Gasteiger partial charge in [0.05, 0.1) is 0 Å². The molecule has 1 unspecified atom stereocenters. The first-order chi connectivity index (χ1) is 12.7. The molecule has 0 bridgehead atoms. The number of anilines is 1. The zero-order valence-corrected chi connectivity index (χ0v) is 15.6. The molecule has 2 heterocycles. The summed E-state index contributed by atoms with van der Waals surface area (Å²) in [5.41, 5.74) is 2.01. The Kier molecular flexibility index (Phi) is 5.46. The number of nitrogens with zero attached hydrogens (tertiary/aromatic N) is 3. The van der Waals surface area contributed by atoms with Gasteiger partial charge in [-0.05, 0) is 62.3 Å². The molecule has 4 rings (SSSR count). The molecule has 5 nitrogen and oxygen atoms in total. The average molecular weight is 357 g/mol. The van der Waals surface area contributed by atoms with E-state index in [0.29, 0.717) is 6.04 Å². The lowest BCUT2D eigenvalue weighted by Crippen LogP contribution is -2.55. The Bertz CT molecular complexity index is 608. The standard InChI is InChI=1S/C21H31N3O2/c25-14-9-20-16-24(13-12-23(20)15-17-3-4-17)21(26)18-5-7-19(8-6-18)22-10-1-2-11-22/h5-8,17,20,25H,1-4,9-16H2. The Morgan fingerprint density at radius 3 is 2.42 bits per heavy atom. The average Bonchev–Trinajstić information content (AvgIpc) is 3.32. The van der Waals surface area contributed by atoms with Crippen LogP contribution in [0.5, 0.6) is 0 Å². The highest BCUT2D eigenvalue weighted by molar-refractivity contribution is 5.94. The summed E-state index contributed by atoms with van der Waals surface area (Å²) >= 11 is 0. The van der Waals surface area contributed by atoms with Crippen molar-refractivity contribution >= 4 is 11.6 Å². The second kappa shape index (κ2) is 7.97. The molecule has 26 heavy (non-hydrogen) atoms. The minimum Gasteiger partial charge on any atom is -0.396 e. The summed E-state index contributed by atoms with van der Waals surface area (Å²) in [6, 6.07) is 8.43. The molecule has 2 aliphatic heterocycles. The van der Waals surface area contributed by atoms with E-state index in [1.807, 2.05) is 17.0 Å². The minimum atomic E-state index is 0.131. The van der Waals surface area contributed by atoms with Gasteiger partial charge in [-0.1, -0.05) is 0 Å². The third-order valence-corrected chi connectivity index (χ3v) is 6.13. The van der Waals surface area contributed by atoms with Gasteiger partial charge in [0.15, 0.2) is 0 Å². The largest absolute Gasteiger partial charge is 0.396 e. The van der Waals surface area contributed by atoms with Gasteiger partial charge in [-0.25, -0.2) is 0 Å². The van der Waals surface area contributed by atoms with Crippen LogP contribution in [0.2, 0.25) is 0 Å². The van der Waals surface area contributed by atoms with Crippen LogP contribution in [0, 0.1) is 5.92 Å². The summed E-state index contributed by atoms with van der Waals surface area (Å²) in [5.74, 6) is 0.976. The number of aliphatic hydroxyl groups excluding tert-OH is 1. The van der Waals surface area contributed by atoms with Gasteiger partial charge in [-0.3, -0.25) is 9.69 Å². The first kappa shape index (κ1) is 17.8. The molecule has 1 aromatic rings. The first-order valence-electron chi connectivity index (χ1n) is 10.2. The highest BCUT2D eigenvalue weighted by atomic mass is 16.3. The van der Waals surface area contributed by atoms with Crippen LogP contribution < -0.4 is 4.90 Å². The van der Waals surface area contributed by atoms with Crippen LogP contribution in [0.1, 0.15) is 42.5 Å². The van der Waals surface area contributed by atoms with Crippen LogP contribution in [0.15, 0.2) is 24.3 Å². The first-order valence-corrected chi connectivity index (χ1v) is 10.2. The van der Waals surface area contributed by atoms with Gasteiger partial charge < -0.3 is 14.9 Å². The van der Waals surface area contributed by atoms with Gasteiger partial charge >= 0.3 is 0 Å². The molecular formula is C21H31N3O2.